The van der Waals surface area contributed by atoms with Gasteiger partial charge in [-0.15, -0.1) is 11.8 Å². The standard InChI is InChI=1S/C17H14ClF3N2OS/c1-11-23(9-12-3-2-6-22-8-12)16(24,10-25-11)14-7-13(17(19,20)21)4-5-15(14)18/h2-8,24H,1,9-10H2. The Kier molecular flexibility index (Phi) is 4.74. The average Bonchev–Trinajstić information content (AvgIpc) is 2.84. The van der Waals surface area contributed by atoms with Crippen molar-refractivity contribution in [2.75, 3.05) is 5.75 Å². The molecule has 25 heavy (non-hydrogen) atoms. The molecule has 0 bridgehead atoms. The van der Waals surface area contributed by atoms with Crippen molar-refractivity contribution in [3.05, 3.63) is 76.0 Å². The Balaban J connectivity index is 2.03. The molecule has 1 unspecified atom stereocenters. The maximum absolute atomic E-state index is 13.1. The summed E-state index contributed by atoms with van der Waals surface area (Å²) in [5.74, 6) is 0.132. The smallest absolute Gasteiger partial charge is 0.366 e. The molecule has 0 radical (unpaired) electrons. The summed E-state index contributed by atoms with van der Waals surface area (Å²) in [5, 5.41) is 11.8. The summed E-state index contributed by atoms with van der Waals surface area (Å²) in [6, 6.07) is 6.52. The van der Waals surface area contributed by atoms with Gasteiger partial charge in [0.1, 0.15) is 0 Å². The molecule has 2 heterocycles. The molecule has 1 atom stereocenters. The number of hydrogen-bond acceptors (Lipinski definition) is 4. The zero-order valence-corrected chi connectivity index (χ0v) is 14.5. The Morgan fingerprint density at radius 2 is 2.12 bits per heavy atom. The fourth-order valence-corrected chi connectivity index (χ4v) is 3.99. The summed E-state index contributed by atoms with van der Waals surface area (Å²) < 4.78 is 39.2. The Bertz CT molecular complexity index is 800. The van der Waals surface area contributed by atoms with E-state index in [0.29, 0.717) is 5.03 Å². The fraction of sp³-hybridized carbons (Fsp3) is 0.235. The van der Waals surface area contributed by atoms with Gasteiger partial charge in [0.15, 0.2) is 5.72 Å². The van der Waals surface area contributed by atoms with Crippen LogP contribution in [0.5, 0.6) is 0 Å². The largest absolute Gasteiger partial charge is 0.416 e. The number of hydrogen-bond donors (Lipinski definition) is 1. The van der Waals surface area contributed by atoms with Gasteiger partial charge in [-0.2, -0.15) is 13.2 Å². The summed E-state index contributed by atoms with van der Waals surface area (Å²) in [5.41, 5.74) is -1.73. The molecule has 0 aliphatic carbocycles. The Morgan fingerprint density at radius 3 is 2.76 bits per heavy atom. The number of halogens is 4. The van der Waals surface area contributed by atoms with Gasteiger partial charge in [0, 0.05) is 29.5 Å². The second kappa shape index (κ2) is 6.55. The van der Waals surface area contributed by atoms with Gasteiger partial charge in [-0.3, -0.25) is 4.98 Å². The van der Waals surface area contributed by atoms with Crippen molar-refractivity contribution >= 4 is 23.4 Å². The van der Waals surface area contributed by atoms with Crippen molar-refractivity contribution in [1.82, 2.24) is 9.88 Å². The average molecular weight is 387 g/mol. The lowest BCUT2D eigenvalue weighted by Crippen LogP contribution is -2.42. The molecule has 0 amide bonds. The van der Waals surface area contributed by atoms with E-state index in [4.69, 9.17) is 11.6 Å². The molecule has 1 N–H and O–H groups in total. The van der Waals surface area contributed by atoms with E-state index in [9.17, 15) is 18.3 Å². The van der Waals surface area contributed by atoms with Crippen molar-refractivity contribution in [2.45, 2.75) is 18.4 Å². The van der Waals surface area contributed by atoms with E-state index in [-0.39, 0.29) is 22.9 Å². The first-order valence-electron chi connectivity index (χ1n) is 7.29. The van der Waals surface area contributed by atoms with Crippen LogP contribution in [0.3, 0.4) is 0 Å². The van der Waals surface area contributed by atoms with Crippen LogP contribution in [0.1, 0.15) is 16.7 Å². The van der Waals surface area contributed by atoms with Gasteiger partial charge in [-0.1, -0.05) is 24.2 Å². The molecule has 0 saturated carbocycles. The lowest BCUT2D eigenvalue weighted by Gasteiger charge is -2.36. The molecule has 3 rings (SSSR count). The lowest BCUT2D eigenvalue weighted by molar-refractivity contribution is -0.138. The quantitative estimate of drug-likeness (QED) is 0.835. The third-order valence-electron chi connectivity index (χ3n) is 3.98. The zero-order chi connectivity index (χ0) is 18.2. The minimum absolute atomic E-state index is 0.0130. The van der Waals surface area contributed by atoms with Crippen molar-refractivity contribution in [1.29, 1.82) is 0 Å². The van der Waals surface area contributed by atoms with E-state index in [1.807, 2.05) is 6.07 Å². The highest BCUT2D eigenvalue weighted by molar-refractivity contribution is 8.03. The normalized spacial score (nSPS) is 21.0. The highest BCUT2D eigenvalue weighted by Gasteiger charge is 2.45. The number of rotatable bonds is 3. The Morgan fingerprint density at radius 1 is 1.36 bits per heavy atom. The molecule has 2 aromatic rings. The van der Waals surface area contributed by atoms with Gasteiger partial charge in [-0.25, -0.2) is 0 Å². The van der Waals surface area contributed by atoms with Crippen LogP contribution in [0, 0.1) is 0 Å². The highest BCUT2D eigenvalue weighted by Crippen LogP contribution is 2.47. The van der Waals surface area contributed by atoms with Gasteiger partial charge in [0.2, 0.25) is 0 Å². The van der Waals surface area contributed by atoms with Crippen LogP contribution in [-0.4, -0.2) is 20.7 Å². The molecule has 1 saturated heterocycles. The monoisotopic (exact) mass is 386 g/mol. The van der Waals surface area contributed by atoms with Crippen LogP contribution in [0.2, 0.25) is 5.02 Å². The summed E-state index contributed by atoms with van der Waals surface area (Å²) in [6.07, 6.45) is -1.27. The molecular weight excluding hydrogens is 373 g/mol. The number of aliphatic hydroxyl groups is 1. The molecule has 1 aliphatic heterocycles. The van der Waals surface area contributed by atoms with E-state index in [2.05, 4.69) is 11.6 Å². The molecule has 0 spiro atoms. The van der Waals surface area contributed by atoms with Gasteiger partial charge in [0.25, 0.3) is 0 Å². The number of nitrogens with zero attached hydrogens (tertiary/aromatic N) is 2. The molecular formula is C17H14ClF3N2OS. The first kappa shape index (κ1) is 18.1. The molecule has 1 aromatic heterocycles. The predicted octanol–water partition coefficient (Wildman–Crippen LogP) is 4.62. The first-order chi connectivity index (χ1) is 11.7. The van der Waals surface area contributed by atoms with Crippen molar-refractivity contribution in [2.24, 2.45) is 0 Å². The van der Waals surface area contributed by atoms with E-state index in [0.717, 1.165) is 23.8 Å². The number of alkyl halides is 3. The maximum Gasteiger partial charge on any atom is 0.416 e. The van der Waals surface area contributed by atoms with E-state index >= 15 is 0 Å². The van der Waals surface area contributed by atoms with Crippen molar-refractivity contribution in [3.8, 4) is 0 Å². The van der Waals surface area contributed by atoms with E-state index < -0.39 is 17.5 Å². The molecule has 3 nitrogen and oxygen atoms in total. The summed E-state index contributed by atoms with van der Waals surface area (Å²) in [4.78, 5) is 5.57. The maximum atomic E-state index is 13.1. The van der Waals surface area contributed by atoms with Crippen LogP contribution >= 0.6 is 23.4 Å². The molecule has 132 valence electrons. The van der Waals surface area contributed by atoms with Gasteiger partial charge in [-0.05, 0) is 29.8 Å². The highest BCUT2D eigenvalue weighted by atomic mass is 35.5. The molecule has 1 aromatic carbocycles. The van der Waals surface area contributed by atoms with Crippen LogP contribution in [0.25, 0.3) is 0 Å². The minimum Gasteiger partial charge on any atom is -0.366 e. The number of benzene rings is 1. The number of thioether (sulfide) groups is 1. The van der Waals surface area contributed by atoms with E-state index in [1.165, 1.54) is 11.8 Å². The summed E-state index contributed by atoms with van der Waals surface area (Å²) in [7, 11) is 0. The summed E-state index contributed by atoms with van der Waals surface area (Å²) >= 11 is 7.40. The third-order valence-corrected chi connectivity index (χ3v) is 5.41. The Labute approximate surface area is 152 Å². The van der Waals surface area contributed by atoms with Gasteiger partial charge >= 0.3 is 6.18 Å². The van der Waals surface area contributed by atoms with Gasteiger partial charge in [0.05, 0.1) is 16.3 Å². The minimum atomic E-state index is -4.52. The topological polar surface area (TPSA) is 36.4 Å². The fourth-order valence-electron chi connectivity index (χ4n) is 2.67. The van der Waals surface area contributed by atoms with Crippen LogP contribution in [0.15, 0.2) is 54.3 Å². The number of aromatic nitrogens is 1. The first-order valence-corrected chi connectivity index (χ1v) is 8.66. The lowest BCUT2D eigenvalue weighted by atomic mass is 9.99. The van der Waals surface area contributed by atoms with E-state index in [1.54, 1.807) is 23.4 Å². The van der Waals surface area contributed by atoms with Crippen molar-refractivity contribution < 1.29 is 18.3 Å². The van der Waals surface area contributed by atoms with Crippen LogP contribution in [0.4, 0.5) is 13.2 Å². The Hall–Kier alpha value is -1.70. The second-order valence-electron chi connectivity index (χ2n) is 5.64. The summed E-state index contributed by atoms with van der Waals surface area (Å²) in [6.45, 7) is 4.15. The third kappa shape index (κ3) is 3.49. The van der Waals surface area contributed by atoms with Gasteiger partial charge < -0.3 is 10.0 Å². The SMILES string of the molecule is C=C1SCC(O)(c2cc(C(F)(F)F)ccc2Cl)N1Cc1cccnc1. The second-order valence-corrected chi connectivity index (χ2v) is 7.09. The molecule has 8 heteroatoms. The van der Waals surface area contributed by atoms with Crippen molar-refractivity contribution in [3.63, 3.8) is 0 Å². The van der Waals surface area contributed by atoms with Crippen LogP contribution < -0.4 is 0 Å². The van der Waals surface area contributed by atoms with Crippen LogP contribution in [-0.2, 0) is 18.4 Å². The molecule has 1 aliphatic rings. The zero-order valence-electron chi connectivity index (χ0n) is 12.9. The number of pyridine rings is 1. The molecule has 1 fully saturated rings. The predicted molar refractivity (Wildman–Crippen MR) is 91.7 cm³/mol.